The molecule has 1 aliphatic carbocycles. The fourth-order valence-electron chi connectivity index (χ4n) is 3.74. The van der Waals surface area contributed by atoms with E-state index in [1.165, 1.54) is 11.9 Å². The van der Waals surface area contributed by atoms with E-state index in [-0.39, 0.29) is 18.2 Å². The number of aromatic nitrogens is 3. The zero-order chi connectivity index (χ0) is 17.1. The summed E-state index contributed by atoms with van der Waals surface area (Å²) in [7, 11) is 0. The lowest BCUT2D eigenvalue weighted by Crippen LogP contribution is -2.27. The molecular formula is C18H20N4O2. The SMILES string of the molecule is C#Cc1cn([C@@H]2C=C(CC)[C@@H]3OC(C)(C)OC23)c2ncnc(N)c12. The highest BCUT2D eigenvalue weighted by atomic mass is 16.8. The zero-order valence-corrected chi connectivity index (χ0v) is 14.0. The van der Waals surface area contributed by atoms with Crippen LogP contribution in [-0.2, 0) is 9.47 Å². The van der Waals surface area contributed by atoms with Gasteiger partial charge in [-0.2, -0.15) is 0 Å². The summed E-state index contributed by atoms with van der Waals surface area (Å²) in [4.78, 5) is 8.47. The highest BCUT2D eigenvalue weighted by Crippen LogP contribution is 2.45. The molecule has 1 saturated heterocycles. The molecule has 2 aromatic rings. The third-order valence-corrected chi connectivity index (χ3v) is 4.74. The summed E-state index contributed by atoms with van der Waals surface area (Å²) in [5.41, 5.74) is 8.67. The maximum Gasteiger partial charge on any atom is 0.164 e. The van der Waals surface area contributed by atoms with Crippen LogP contribution in [0.2, 0.25) is 0 Å². The molecule has 3 heterocycles. The van der Waals surface area contributed by atoms with Gasteiger partial charge in [-0.05, 0) is 25.8 Å². The van der Waals surface area contributed by atoms with Gasteiger partial charge in [-0.3, -0.25) is 0 Å². The lowest BCUT2D eigenvalue weighted by atomic mass is 10.1. The summed E-state index contributed by atoms with van der Waals surface area (Å²) < 4.78 is 14.3. The molecule has 2 N–H and O–H groups in total. The molecule has 2 aromatic heterocycles. The molecule has 0 saturated carbocycles. The Morgan fingerprint density at radius 1 is 1.38 bits per heavy atom. The van der Waals surface area contributed by atoms with Gasteiger partial charge in [0.25, 0.3) is 0 Å². The minimum atomic E-state index is -0.603. The predicted octanol–water partition coefficient (Wildman–Crippen LogP) is 2.41. The van der Waals surface area contributed by atoms with Crippen LogP contribution in [0.3, 0.4) is 0 Å². The van der Waals surface area contributed by atoms with Gasteiger partial charge >= 0.3 is 0 Å². The smallest absolute Gasteiger partial charge is 0.164 e. The standard InChI is InChI=1S/C18H20N4O2/c1-5-10-7-12(15-14(10)23-18(3,4)24-15)22-8-11(6-2)13-16(19)20-9-21-17(13)22/h2,7-9,12,14-15H,5H2,1,3-4H3,(H2,19,20,21)/t12-,14+,15?/m1/s1. The van der Waals surface area contributed by atoms with E-state index in [4.69, 9.17) is 21.6 Å². The fraction of sp³-hybridized carbons (Fsp3) is 0.444. The second kappa shape index (κ2) is 5.07. The van der Waals surface area contributed by atoms with Crippen LogP contribution in [0, 0.1) is 12.3 Å². The molecule has 4 rings (SSSR count). The highest BCUT2D eigenvalue weighted by molar-refractivity contribution is 5.92. The molecule has 1 fully saturated rings. The Labute approximate surface area is 140 Å². The minimum Gasteiger partial charge on any atom is -0.383 e. The molecule has 1 aliphatic heterocycles. The molecule has 3 atom stereocenters. The van der Waals surface area contributed by atoms with Gasteiger partial charge in [-0.1, -0.05) is 18.9 Å². The Balaban J connectivity index is 1.88. The largest absolute Gasteiger partial charge is 0.383 e. The molecule has 0 radical (unpaired) electrons. The quantitative estimate of drug-likeness (QED) is 0.678. The van der Waals surface area contributed by atoms with E-state index >= 15 is 0 Å². The van der Waals surface area contributed by atoms with Crippen LogP contribution >= 0.6 is 0 Å². The Morgan fingerprint density at radius 2 is 2.17 bits per heavy atom. The van der Waals surface area contributed by atoms with Crippen molar-refractivity contribution in [2.75, 3.05) is 5.73 Å². The number of ether oxygens (including phenoxy) is 2. The van der Waals surface area contributed by atoms with Gasteiger partial charge in [-0.25, -0.2) is 9.97 Å². The number of terminal acetylenes is 1. The van der Waals surface area contributed by atoms with Gasteiger partial charge in [0.15, 0.2) is 5.79 Å². The number of hydrogen-bond donors (Lipinski definition) is 1. The van der Waals surface area contributed by atoms with Crippen molar-refractivity contribution in [3.05, 3.63) is 29.7 Å². The first-order chi connectivity index (χ1) is 11.4. The van der Waals surface area contributed by atoms with Crippen molar-refractivity contribution in [3.8, 4) is 12.3 Å². The van der Waals surface area contributed by atoms with Crippen LogP contribution in [0.15, 0.2) is 24.2 Å². The van der Waals surface area contributed by atoms with Crippen LogP contribution in [0.5, 0.6) is 0 Å². The number of fused-ring (bicyclic) bond motifs is 2. The van der Waals surface area contributed by atoms with E-state index in [9.17, 15) is 0 Å². The lowest BCUT2D eigenvalue weighted by molar-refractivity contribution is -0.147. The Bertz CT molecular complexity index is 890. The normalized spacial score (nSPS) is 27.9. The molecule has 2 aliphatic rings. The van der Waals surface area contributed by atoms with E-state index in [0.29, 0.717) is 16.8 Å². The van der Waals surface area contributed by atoms with E-state index in [0.717, 1.165) is 12.1 Å². The number of nitrogens with zero attached hydrogens (tertiary/aromatic N) is 3. The minimum absolute atomic E-state index is 0.0365. The third-order valence-electron chi connectivity index (χ3n) is 4.74. The molecule has 0 bridgehead atoms. The summed E-state index contributed by atoms with van der Waals surface area (Å²) in [5, 5.41) is 0.716. The first-order valence-electron chi connectivity index (χ1n) is 8.09. The van der Waals surface area contributed by atoms with Crippen molar-refractivity contribution in [1.29, 1.82) is 0 Å². The lowest BCUT2D eigenvalue weighted by Gasteiger charge is -2.22. The maximum absolute atomic E-state index is 6.17. The molecular weight excluding hydrogens is 304 g/mol. The summed E-state index contributed by atoms with van der Waals surface area (Å²) in [6.45, 7) is 6.01. The van der Waals surface area contributed by atoms with Crippen LogP contribution < -0.4 is 5.73 Å². The van der Waals surface area contributed by atoms with Crippen molar-refractivity contribution in [1.82, 2.24) is 14.5 Å². The fourth-order valence-corrected chi connectivity index (χ4v) is 3.74. The first kappa shape index (κ1) is 15.2. The number of hydrogen-bond acceptors (Lipinski definition) is 5. The Morgan fingerprint density at radius 3 is 2.88 bits per heavy atom. The van der Waals surface area contributed by atoms with E-state index in [1.807, 2.05) is 24.6 Å². The molecule has 0 amide bonds. The zero-order valence-electron chi connectivity index (χ0n) is 14.0. The van der Waals surface area contributed by atoms with Crippen molar-refractivity contribution >= 4 is 16.9 Å². The number of rotatable bonds is 2. The van der Waals surface area contributed by atoms with Crippen molar-refractivity contribution in [3.63, 3.8) is 0 Å². The second-order valence-electron chi connectivity index (χ2n) is 6.66. The Hall–Kier alpha value is -2.36. The van der Waals surface area contributed by atoms with Crippen LogP contribution in [0.25, 0.3) is 11.0 Å². The highest BCUT2D eigenvalue weighted by Gasteiger charge is 2.50. The number of nitrogens with two attached hydrogens (primary N) is 1. The summed E-state index contributed by atoms with van der Waals surface area (Å²) >= 11 is 0. The van der Waals surface area contributed by atoms with Gasteiger partial charge in [0.1, 0.15) is 30.0 Å². The van der Waals surface area contributed by atoms with Gasteiger partial charge in [0.05, 0.1) is 17.0 Å². The third kappa shape index (κ3) is 2.05. The Kier molecular flexibility index (Phi) is 3.21. The molecule has 0 aromatic carbocycles. The first-order valence-corrected chi connectivity index (χ1v) is 8.09. The number of anilines is 1. The van der Waals surface area contributed by atoms with Crippen molar-refractivity contribution < 1.29 is 9.47 Å². The van der Waals surface area contributed by atoms with Gasteiger partial charge in [0.2, 0.25) is 0 Å². The van der Waals surface area contributed by atoms with E-state index in [1.54, 1.807) is 0 Å². The summed E-state index contributed by atoms with van der Waals surface area (Å²) in [5.74, 6) is 2.47. The van der Waals surface area contributed by atoms with Gasteiger partial charge in [0, 0.05) is 6.20 Å². The second-order valence-corrected chi connectivity index (χ2v) is 6.66. The topological polar surface area (TPSA) is 75.2 Å². The molecule has 1 unspecified atom stereocenters. The summed E-state index contributed by atoms with van der Waals surface area (Å²) in [6, 6.07) is -0.0365. The number of nitrogen functional groups attached to an aromatic ring is 1. The van der Waals surface area contributed by atoms with Gasteiger partial charge < -0.3 is 19.8 Å². The molecule has 24 heavy (non-hydrogen) atoms. The van der Waals surface area contributed by atoms with Crippen molar-refractivity contribution in [2.45, 2.75) is 51.2 Å². The van der Waals surface area contributed by atoms with Crippen LogP contribution in [-0.4, -0.2) is 32.5 Å². The monoisotopic (exact) mass is 324 g/mol. The van der Waals surface area contributed by atoms with Gasteiger partial charge in [-0.15, -0.1) is 6.42 Å². The molecule has 0 spiro atoms. The van der Waals surface area contributed by atoms with Crippen LogP contribution in [0.4, 0.5) is 5.82 Å². The molecule has 6 nitrogen and oxygen atoms in total. The van der Waals surface area contributed by atoms with Crippen LogP contribution in [0.1, 0.15) is 38.8 Å². The predicted molar refractivity (Wildman–Crippen MR) is 91.1 cm³/mol. The summed E-state index contributed by atoms with van der Waals surface area (Å²) in [6.07, 6.45) is 12.0. The van der Waals surface area contributed by atoms with Crippen molar-refractivity contribution in [2.24, 2.45) is 0 Å². The maximum atomic E-state index is 6.17. The molecule has 124 valence electrons. The average molecular weight is 324 g/mol. The van der Waals surface area contributed by atoms with E-state index in [2.05, 4.69) is 28.9 Å². The molecule has 6 heteroatoms. The van der Waals surface area contributed by atoms with E-state index < -0.39 is 5.79 Å². The average Bonchev–Trinajstić information content (AvgIpc) is 3.16.